The first-order chi connectivity index (χ1) is 16.7. The predicted octanol–water partition coefficient (Wildman–Crippen LogP) is 5.73. The van der Waals surface area contributed by atoms with Crippen LogP contribution in [0.3, 0.4) is 0 Å². The lowest BCUT2D eigenvalue weighted by Gasteiger charge is -2.11. The predicted molar refractivity (Wildman–Crippen MR) is 142 cm³/mol. The minimum atomic E-state index is -3.73. The first kappa shape index (κ1) is 25.3. The van der Waals surface area contributed by atoms with E-state index in [1.54, 1.807) is 17.4 Å². The highest BCUT2D eigenvalue weighted by Gasteiger charge is 2.20. The Balaban J connectivity index is 1.64. The van der Waals surface area contributed by atoms with Crippen molar-refractivity contribution < 1.29 is 13.2 Å². The highest BCUT2D eigenvalue weighted by Crippen LogP contribution is 2.30. The number of carbonyl (C=O) groups excluding carboxylic acids is 1. The number of hydrogen-bond acceptors (Lipinski definition) is 6. The maximum atomic E-state index is 12.8. The van der Waals surface area contributed by atoms with Crippen LogP contribution in [0.4, 0.5) is 0 Å². The lowest BCUT2D eigenvalue weighted by atomic mass is 10.1. The van der Waals surface area contributed by atoms with Crippen LogP contribution in [-0.4, -0.2) is 34.6 Å². The number of pyridine rings is 1. The van der Waals surface area contributed by atoms with E-state index >= 15 is 0 Å². The number of rotatable bonds is 9. The number of hydrogen-bond donors (Lipinski definition) is 1. The number of thiophene rings is 1. The summed E-state index contributed by atoms with van der Waals surface area (Å²) in [4.78, 5) is 23.0. The first-order valence-corrected chi connectivity index (χ1v) is 14.3. The molecule has 10 heteroatoms. The molecule has 0 aliphatic rings. The number of imidazole rings is 1. The molecule has 1 amide bonds. The van der Waals surface area contributed by atoms with Crippen molar-refractivity contribution >= 4 is 50.0 Å². The van der Waals surface area contributed by atoms with E-state index in [1.165, 1.54) is 0 Å². The van der Waals surface area contributed by atoms with Gasteiger partial charge in [-0.25, -0.2) is 23.1 Å². The molecule has 0 fully saturated rings. The fourth-order valence-electron chi connectivity index (χ4n) is 3.89. The van der Waals surface area contributed by atoms with Gasteiger partial charge in [-0.2, -0.15) is 0 Å². The van der Waals surface area contributed by atoms with Crippen molar-refractivity contribution in [1.29, 1.82) is 0 Å². The van der Waals surface area contributed by atoms with Crippen molar-refractivity contribution in [3.05, 3.63) is 69.4 Å². The van der Waals surface area contributed by atoms with Crippen LogP contribution in [0.5, 0.6) is 0 Å². The second kappa shape index (κ2) is 10.5. The number of benzene rings is 1. The number of halogens is 1. The molecule has 0 atom stereocenters. The third-order valence-corrected chi connectivity index (χ3v) is 8.36. The number of aryl methyl sites for hydroxylation is 2. The molecule has 0 saturated heterocycles. The van der Waals surface area contributed by atoms with Gasteiger partial charge in [0.2, 0.25) is 10.0 Å². The minimum absolute atomic E-state index is 0.0364. The monoisotopic (exact) mass is 530 g/mol. The van der Waals surface area contributed by atoms with Crippen molar-refractivity contribution in [1.82, 2.24) is 19.3 Å². The van der Waals surface area contributed by atoms with E-state index in [2.05, 4.69) is 14.7 Å². The molecule has 3 heterocycles. The molecule has 0 bridgehead atoms. The molecule has 4 rings (SSSR count). The molecule has 0 spiro atoms. The van der Waals surface area contributed by atoms with E-state index in [-0.39, 0.29) is 11.4 Å². The fourth-order valence-corrected chi connectivity index (χ4v) is 5.92. The fraction of sp³-hybridized carbons (Fsp3) is 0.320. The number of sulfonamides is 1. The van der Waals surface area contributed by atoms with Gasteiger partial charge in [0.1, 0.15) is 17.0 Å². The third kappa shape index (κ3) is 5.74. The molecule has 35 heavy (non-hydrogen) atoms. The normalized spacial score (nSPS) is 11.8. The zero-order valence-corrected chi connectivity index (χ0v) is 22.2. The van der Waals surface area contributed by atoms with E-state index < -0.39 is 15.9 Å². The van der Waals surface area contributed by atoms with E-state index in [0.717, 1.165) is 40.2 Å². The largest absolute Gasteiger partial charge is 0.308 e. The molecule has 1 aromatic carbocycles. The zero-order valence-electron chi connectivity index (χ0n) is 19.8. The summed E-state index contributed by atoms with van der Waals surface area (Å²) < 4.78 is 28.7. The topological polar surface area (TPSA) is 94.0 Å². The summed E-state index contributed by atoms with van der Waals surface area (Å²) >= 11 is 8.27. The summed E-state index contributed by atoms with van der Waals surface area (Å²) in [6, 6.07) is 11.6. The number of carbonyl (C=O) groups is 1. The summed E-state index contributed by atoms with van der Waals surface area (Å²) in [5.74, 6) is -0.112. The second-order valence-corrected chi connectivity index (χ2v) is 11.7. The molecular formula is C25H27ClN4O3S2. The number of nitrogens with one attached hydrogen (secondary N) is 1. The van der Waals surface area contributed by atoms with Crippen LogP contribution >= 0.6 is 22.9 Å². The van der Waals surface area contributed by atoms with Gasteiger partial charge in [-0.15, -0.1) is 11.3 Å². The lowest BCUT2D eigenvalue weighted by molar-refractivity contribution is 0.0976. The number of nitrogens with zero attached hydrogens (tertiary/aromatic N) is 3. The smallest absolute Gasteiger partial charge is 0.283 e. The van der Waals surface area contributed by atoms with Gasteiger partial charge in [0.05, 0.1) is 12.3 Å². The average Bonchev–Trinajstić information content (AvgIpc) is 3.44. The SMILES string of the molecule is CCCCCS(=O)(=O)NC(=O)c1cc(C)c2nc(C)n(Cc3ccc(-c4cccs4)cc3Cl)c2n1. The van der Waals surface area contributed by atoms with Crippen LogP contribution in [0.1, 0.15) is 53.6 Å². The quantitative estimate of drug-likeness (QED) is 0.279. The van der Waals surface area contributed by atoms with Gasteiger partial charge < -0.3 is 4.57 Å². The van der Waals surface area contributed by atoms with Gasteiger partial charge >= 0.3 is 0 Å². The van der Waals surface area contributed by atoms with Crippen molar-refractivity contribution in [2.75, 3.05) is 5.75 Å². The van der Waals surface area contributed by atoms with Gasteiger partial charge in [0.25, 0.3) is 5.91 Å². The Hall–Kier alpha value is -2.75. The molecular weight excluding hydrogens is 504 g/mol. The summed E-state index contributed by atoms with van der Waals surface area (Å²) in [7, 11) is -3.73. The lowest BCUT2D eigenvalue weighted by Crippen LogP contribution is -2.33. The number of unbranched alkanes of at least 4 members (excludes halogenated alkanes) is 2. The molecule has 184 valence electrons. The second-order valence-electron chi connectivity index (χ2n) is 8.48. The molecule has 4 aromatic rings. The van der Waals surface area contributed by atoms with E-state index in [0.29, 0.717) is 29.2 Å². The van der Waals surface area contributed by atoms with Crippen molar-refractivity contribution in [2.24, 2.45) is 0 Å². The van der Waals surface area contributed by atoms with Crippen LogP contribution in [0.25, 0.3) is 21.6 Å². The summed E-state index contributed by atoms with van der Waals surface area (Å²) in [5.41, 5.74) is 3.89. The maximum absolute atomic E-state index is 12.8. The molecule has 0 aliphatic heterocycles. The Morgan fingerprint density at radius 1 is 1.14 bits per heavy atom. The van der Waals surface area contributed by atoms with Gasteiger partial charge in [-0.3, -0.25) is 4.79 Å². The van der Waals surface area contributed by atoms with Gasteiger partial charge in [0, 0.05) is 9.90 Å². The third-order valence-electron chi connectivity index (χ3n) is 5.77. The molecule has 0 saturated carbocycles. The standard InChI is InChI=1S/C25H27ClN4O3S2/c1-4-5-6-12-35(32,33)29-25(31)21-13-16(2)23-24(28-21)30(17(3)27-23)15-19-10-9-18(14-20(19)26)22-8-7-11-34-22/h7-11,13-14H,4-6,12,15H2,1-3H3,(H,29,31). The van der Waals surface area contributed by atoms with E-state index in [9.17, 15) is 13.2 Å². The zero-order chi connectivity index (χ0) is 25.2. The van der Waals surface area contributed by atoms with Crippen molar-refractivity contribution in [3.8, 4) is 10.4 Å². The number of aromatic nitrogens is 3. The van der Waals surface area contributed by atoms with Gasteiger partial charge in [0.15, 0.2) is 5.65 Å². The maximum Gasteiger partial charge on any atom is 0.283 e. The molecule has 0 aliphatic carbocycles. The summed E-state index contributed by atoms with van der Waals surface area (Å²) in [6.45, 7) is 6.10. The van der Waals surface area contributed by atoms with Crippen LogP contribution in [0.2, 0.25) is 5.02 Å². The molecule has 0 radical (unpaired) electrons. The first-order valence-electron chi connectivity index (χ1n) is 11.4. The molecule has 3 aromatic heterocycles. The summed E-state index contributed by atoms with van der Waals surface area (Å²) in [5, 5.41) is 2.65. The summed E-state index contributed by atoms with van der Waals surface area (Å²) in [6.07, 6.45) is 2.18. The Bertz CT molecular complexity index is 1480. The highest BCUT2D eigenvalue weighted by atomic mass is 35.5. The van der Waals surface area contributed by atoms with Crippen molar-refractivity contribution in [2.45, 2.75) is 46.6 Å². The average molecular weight is 531 g/mol. The molecule has 1 N–H and O–H groups in total. The van der Waals surface area contributed by atoms with Crippen LogP contribution in [0.15, 0.2) is 41.8 Å². The minimum Gasteiger partial charge on any atom is -0.308 e. The Labute approximate surface area is 214 Å². The van der Waals surface area contributed by atoms with E-state index in [1.807, 2.05) is 61.1 Å². The molecule has 0 unspecified atom stereocenters. The van der Waals surface area contributed by atoms with Gasteiger partial charge in [-0.1, -0.05) is 49.6 Å². The van der Waals surface area contributed by atoms with Crippen LogP contribution < -0.4 is 4.72 Å². The van der Waals surface area contributed by atoms with Gasteiger partial charge in [-0.05, 0) is 60.5 Å². The number of fused-ring (bicyclic) bond motifs is 1. The van der Waals surface area contributed by atoms with E-state index in [4.69, 9.17) is 11.6 Å². The number of amides is 1. The highest BCUT2D eigenvalue weighted by molar-refractivity contribution is 7.90. The molecule has 7 nitrogen and oxygen atoms in total. The Morgan fingerprint density at radius 3 is 2.63 bits per heavy atom. The Kier molecular flexibility index (Phi) is 7.59. The van der Waals surface area contributed by atoms with Crippen LogP contribution in [-0.2, 0) is 16.6 Å². The Morgan fingerprint density at radius 2 is 1.94 bits per heavy atom. The van der Waals surface area contributed by atoms with Crippen LogP contribution in [0, 0.1) is 13.8 Å². The van der Waals surface area contributed by atoms with Crippen molar-refractivity contribution in [3.63, 3.8) is 0 Å².